The van der Waals surface area contributed by atoms with Gasteiger partial charge in [-0.3, -0.25) is 0 Å². The maximum absolute atomic E-state index is 6.42. The second-order valence-electron chi connectivity index (χ2n) is 8.53. The summed E-state index contributed by atoms with van der Waals surface area (Å²) in [5.41, 5.74) is 12.7. The smallest absolute Gasteiger partial charge is 0.200 e. The van der Waals surface area contributed by atoms with Crippen molar-refractivity contribution in [2.75, 3.05) is 11.9 Å². The van der Waals surface area contributed by atoms with Crippen molar-refractivity contribution in [3.05, 3.63) is 71.3 Å². The Morgan fingerprint density at radius 1 is 0.931 bits per heavy atom. The lowest BCUT2D eigenvalue weighted by molar-refractivity contribution is 0.443. The van der Waals surface area contributed by atoms with Crippen LogP contribution in [0.3, 0.4) is 0 Å². The molecule has 3 nitrogen and oxygen atoms in total. The van der Waals surface area contributed by atoms with Gasteiger partial charge in [-0.25, -0.2) is 4.99 Å². The van der Waals surface area contributed by atoms with E-state index in [9.17, 15) is 0 Å². The normalized spacial score (nSPS) is 17.1. The van der Waals surface area contributed by atoms with Gasteiger partial charge >= 0.3 is 0 Å². The summed E-state index contributed by atoms with van der Waals surface area (Å²) in [7, 11) is 2.00. The lowest BCUT2D eigenvalue weighted by Crippen LogP contribution is -2.33. The van der Waals surface area contributed by atoms with Crippen LogP contribution in [-0.4, -0.2) is 13.0 Å². The Balaban J connectivity index is 1.40. The van der Waals surface area contributed by atoms with Crippen molar-refractivity contribution < 1.29 is 0 Å². The van der Waals surface area contributed by atoms with E-state index in [0.717, 1.165) is 30.1 Å². The van der Waals surface area contributed by atoms with E-state index < -0.39 is 0 Å². The Hall–Kier alpha value is -2.81. The Bertz CT molecular complexity index is 1060. The maximum Gasteiger partial charge on any atom is 0.200 e. The predicted octanol–water partition coefficient (Wildman–Crippen LogP) is 6.07. The largest absolute Gasteiger partial charge is 0.369 e. The number of guanidine groups is 1. The van der Waals surface area contributed by atoms with Crippen LogP contribution >= 0.6 is 0 Å². The average molecular weight is 384 g/mol. The van der Waals surface area contributed by atoms with E-state index in [1.54, 1.807) is 0 Å². The van der Waals surface area contributed by atoms with Gasteiger partial charge in [0, 0.05) is 12.7 Å². The first-order chi connectivity index (χ1) is 14.2. The van der Waals surface area contributed by atoms with Crippen molar-refractivity contribution in [3.8, 4) is 0 Å². The Morgan fingerprint density at radius 3 is 2.52 bits per heavy atom. The predicted molar refractivity (Wildman–Crippen MR) is 123 cm³/mol. The highest BCUT2D eigenvalue weighted by molar-refractivity contribution is 5.99. The second kappa shape index (κ2) is 7.55. The maximum atomic E-state index is 6.42. The first kappa shape index (κ1) is 18.2. The molecule has 29 heavy (non-hydrogen) atoms. The molecule has 0 amide bonds. The lowest BCUT2D eigenvalue weighted by atomic mass is 9.84. The van der Waals surface area contributed by atoms with Crippen molar-refractivity contribution in [3.63, 3.8) is 0 Å². The van der Waals surface area contributed by atoms with Crippen LogP contribution in [0.2, 0.25) is 0 Å². The third-order valence-electron chi connectivity index (χ3n) is 6.79. The van der Waals surface area contributed by atoms with Gasteiger partial charge < -0.3 is 10.6 Å². The van der Waals surface area contributed by atoms with E-state index in [1.807, 2.05) is 11.9 Å². The summed E-state index contributed by atoms with van der Waals surface area (Å²) in [5, 5.41) is 2.68. The minimum absolute atomic E-state index is 0.537. The fourth-order valence-electron chi connectivity index (χ4n) is 5.09. The van der Waals surface area contributed by atoms with Crippen molar-refractivity contribution in [1.82, 2.24) is 0 Å². The zero-order valence-corrected chi connectivity index (χ0v) is 17.2. The number of nitrogens with two attached hydrogens (primary N) is 1. The number of hydrogen-bond donors (Lipinski definition) is 1. The van der Waals surface area contributed by atoms with Crippen molar-refractivity contribution in [2.45, 2.75) is 50.9 Å². The van der Waals surface area contributed by atoms with Gasteiger partial charge in [0.15, 0.2) is 0 Å². The molecule has 0 spiro atoms. The molecule has 0 saturated heterocycles. The monoisotopic (exact) mass is 383 g/mol. The summed E-state index contributed by atoms with van der Waals surface area (Å²) >= 11 is 0. The molecule has 0 atom stereocenters. The molecule has 5 rings (SSSR count). The van der Waals surface area contributed by atoms with Crippen LogP contribution in [0.25, 0.3) is 10.8 Å². The highest BCUT2D eigenvalue weighted by atomic mass is 15.2. The third kappa shape index (κ3) is 3.39. The van der Waals surface area contributed by atoms with Crippen LogP contribution in [-0.2, 0) is 12.8 Å². The van der Waals surface area contributed by atoms with Gasteiger partial charge in [-0.1, -0.05) is 55.7 Å². The molecular formula is C26H29N3. The molecule has 0 heterocycles. The van der Waals surface area contributed by atoms with E-state index in [-0.39, 0.29) is 0 Å². The summed E-state index contributed by atoms with van der Waals surface area (Å²) < 4.78 is 0. The minimum atomic E-state index is 0.537. The number of rotatable bonds is 3. The number of aliphatic imine (C=N–C) groups is 1. The zero-order chi connectivity index (χ0) is 19.8. The summed E-state index contributed by atoms with van der Waals surface area (Å²) in [6.07, 6.45) is 8.91. The van der Waals surface area contributed by atoms with Crippen LogP contribution in [0, 0.1) is 0 Å². The molecule has 148 valence electrons. The first-order valence-corrected chi connectivity index (χ1v) is 10.9. The van der Waals surface area contributed by atoms with Gasteiger partial charge in [-0.15, -0.1) is 0 Å². The molecule has 0 aliphatic heterocycles. The Labute approximate surface area is 173 Å². The standard InChI is InChI=1S/C26H29N3/c1-29(22-14-10-19(11-15-22)18-6-3-2-4-7-18)26(27)28-24-17-13-21-9-5-8-20-12-16-23(24)25(20)21/h5,8-11,13-15,17-18H,2-4,6-7,12,16H2,1H3,(H2,27,28). The molecular weight excluding hydrogens is 354 g/mol. The highest BCUT2D eigenvalue weighted by Gasteiger charge is 2.18. The Kier molecular flexibility index (Phi) is 4.75. The molecule has 0 aromatic heterocycles. The van der Waals surface area contributed by atoms with Gasteiger partial charge in [0.25, 0.3) is 0 Å². The second-order valence-corrected chi connectivity index (χ2v) is 8.53. The first-order valence-electron chi connectivity index (χ1n) is 10.9. The molecule has 1 fully saturated rings. The summed E-state index contributed by atoms with van der Waals surface area (Å²) in [4.78, 5) is 6.81. The van der Waals surface area contributed by atoms with Crippen LogP contribution in [0.15, 0.2) is 59.6 Å². The van der Waals surface area contributed by atoms with Gasteiger partial charge in [-0.2, -0.15) is 0 Å². The Morgan fingerprint density at radius 2 is 1.72 bits per heavy atom. The molecule has 2 aliphatic rings. The molecule has 1 saturated carbocycles. The lowest BCUT2D eigenvalue weighted by Gasteiger charge is -2.23. The summed E-state index contributed by atoms with van der Waals surface area (Å²) in [6.45, 7) is 0. The topological polar surface area (TPSA) is 41.6 Å². The van der Waals surface area contributed by atoms with Crippen LogP contribution in [0.1, 0.15) is 54.7 Å². The summed E-state index contributed by atoms with van der Waals surface area (Å²) in [6, 6.07) is 19.8. The number of aryl methyl sites for hydroxylation is 2. The van der Waals surface area contributed by atoms with E-state index in [1.165, 1.54) is 59.6 Å². The molecule has 3 aromatic rings. The van der Waals surface area contributed by atoms with E-state index in [2.05, 4.69) is 54.6 Å². The molecule has 3 heteroatoms. The van der Waals surface area contributed by atoms with Gasteiger partial charge in [-0.05, 0) is 77.3 Å². The van der Waals surface area contributed by atoms with E-state index in [0.29, 0.717) is 5.96 Å². The molecule has 2 N–H and O–H groups in total. The van der Waals surface area contributed by atoms with Gasteiger partial charge in [0.2, 0.25) is 5.96 Å². The number of benzene rings is 3. The molecule has 3 aromatic carbocycles. The zero-order valence-electron chi connectivity index (χ0n) is 17.2. The third-order valence-corrected chi connectivity index (χ3v) is 6.79. The van der Waals surface area contributed by atoms with Crippen molar-refractivity contribution in [1.29, 1.82) is 0 Å². The van der Waals surface area contributed by atoms with Crippen molar-refractivity contribution >= 4 is 28.1 Å². The number of hydrogen-bond acceptors (Lipinski definition) is 1. The highest BCUT2D eigenvalue weighted by Crippen LogP contribution is 2.37. The average Bonchev–Trinajstić information content (AvgIpc) is 3.22. The molecule has 0 unspecified atom stereocenters. The van der Waals surface area contributed by atoms with Crippen LogP contribution < -0.4 is 10.6 Å². The fourth-order valence-corrected chi connectivity index (χ4v) is 5.09. The number of anilines is 1. The molecule has 0 radical (unpaired) electrons. The van der Waals surface area contributed by atoms with E-state index >= 15 is 0 Å². The molecule has 2 aliphatic carbocycles. The molecule has 0 bridgehead atoms. The number of nitrogens with zero attached hydrogens (tertiary/aromatic N) is 2. The summed E-state index contributed by atoms with van der Waals surface area (Å²) in [5.74, 6) is 1.26. The SMILES string of the molecule is CN(C(N)=Nc1ccc2cccc3c2c1CC3)c1ccc(C2CCCCC2)cc1. The fraction of sp³-hybridized carbons (Fsp3) is 0.346. The van der Waals surface area contributed by atoms with E-state index in [4.69, 9.17) is 10.7 Å². The van der Waals surface area contributed by atoms with Crippen LogP contribution in [0.4, 0.5) is 11.4 Å². The van der Waals surface area contributed by atoms with Gasteiger partial charge in [0.05, 0.1) is 5.69 Å². The quantitative estimate of drug-likeness (QED) is 0.440. The van der Waals surface area contributed by atoms with Crippen molar-refractivity contribution in [2.24, 2.45) is 10.7 Å². The van der Waals surface area contributed by atoms with Crippen LogP contribution in [0.5, 0.6) is 0 Å². The minimum Gasteiger partial charge on any atom is -0.369 e. The van der Waals surface area contributed by atoms with Gasteiger partial charge in [0.1, 0.15) is 0 Å².